The zero-order valence-corrected chi connectivity index (χ0v) is 20.4. The van der Waals surface area contributed by atoms with Crippen molar-refractivity contribution in [3.05, 3.63) is 43.7 Å². The molecule has 1 aromatic carbocycles. The molecule has 2 aromatic rings. The zero-order chi connectivity index (χ0) is 21.7. The molecule has 0 saturated carbocycles. The maximum Gasteiger partial charge on any atom is 0.322 e. The third-order valence-electron chi connectivity index (χ3n) is 5.13. The molecule has 3 amide bonds. The van der Waals surface area contributed by atoms with Crippen LogP contribution in [-0.2, 0) is 18.4 Å². The summed E-state index contributed by atoms with van der Waals surface area (Å²) in [6.45, 7) is 3.89. The van der Waals surface area contributed by atoms with Gasteiger partial charge in [0, 0.05) is 74.2 Å². The molecule has 1 saturated heterocycles. The first-order valence-electron chi connectivity index (χ1n) is 9.71. The standard InChI is InChI=1S/C20H27IN6O2S/c1-22-20-25(3)17(14-30-20)12-26-8-10-27(11-9-26)18(28)13-24(2)19(29)23-16-6-4-15(21)5-7-16/h4-7,14H,8-13H2,1-3H3,(H,23,29). The molecule has 0 unspecified atom stereocenters. The van der Waals surface area contributed by atoms with E-state index in [2.05, 4.69) is 47.7 Å². The van der Waals surface area contributed by atoms with Crippen molar-refractivity contribution in [3.8, 4) is 0 Å². The minimum absolute atomic E-state index is 0.0249. The SMILES string of the molecule is CN=c1scc(CN2CCN(C(=O)CN(C)C(=O)Nc3ccc(I)cc3)CC2)n1C. The molecule has 1 aliphatic rings. The van der Waals surface area contributed by atoms with Crippen LogP contribution in [0.4, 0.5) is 10.5 Å². The van der Waals surface area contributed by atoms with Crippen LogP contribution in [0, 0.1) is 3.57 Å². The normalized spacial score (nSPS) is 15.3. The third kappa shape index (κ3) is 5.82. The molecule has 3 rings (SSSR count). The number of benzene rings is 1. The highest BCUT2D eigenvalue weighted by Gasteiger charge is 2.23. The van der Waals surface area contributed by atoms with Crippen LogP contribution in [0.5, 0.6) is 0 Å². The van der Waals surface area contributed by atoms with E-state index in [4.69, 9.17) is 0 Å². The van der Waals surface area contributed by atoms with Crippen molar-refractivity contribution in [2.24, 2.45) is 12.0 Å². The van der Waals surface area contributed by atoms with Crippen LogP contribution < -0.4 is 10.1 Å². The second-order valence-corrected chi connectivity index (χ2v) is 9.32. The lowest BCUT2D eigenvalue weighted by atomic mass is 10.3. The highest BCUT2D eigenvalue weighted by Crippen LogP contribution is 2.12. The summed E-state index contributed by atoms with van der Waals surface area (Å²) >= 11 is 3.86. The summed E-state index contributed by atoms with van der Waals surface area (Å²) < 4.78 is 3.21. The number of amides is 3. The summed E-state index contributed by atoms with van der Waals surface area (Å²) in [6.07, 6.45) is 0. The summed E-state index contributed by atoms with van der Waals surface area (Å²) in [7, 11) is 5.48. The smallest absolute Gasteiger partial charge is 0.322 e. The lowest BCUT2D eigenvalue weighted by Crippen LogP contribution is -2.51. The van der Waals surface area contributed by atoms with Crippen LogP contribution in [0.25, 0.3) is 0 Å². The molecule has 1 aromatic heterocycles. The number of aromatic nitrogens is 1. The lowest BCUT2D eigenvalue weighted by molar-refractivity contribution is -0.133. The Bertz CT molecular complexity index is 947. The van der Waals surface area contributed by atoms with Gasteiger partial charge in [-0.15, -0.1) is 11.3 Å². The Hall–Kier alpha value is -1.92. The van der Waals surface area contributed by atoms with Gasteiger partial charge in [-0.25, -0.2) is 4.79 Å². The number of urea groups is 1. The molecular weight excluding hydrogens is 515 g/mol. The lowest BCUT2D eigenvalue weighted by Gasteiger charge is -2.35. The summed E-state index contributed by atoms with van der Waals surface area (Å²) in [5.74, 6) is -0.0249. The van der Waals surface area contributed by atoms with Gasteiger partial charge in [-0.2, -0.15) is 0 Å². The second kappa shape index (κ2) is 10.4. The van der Waals surface area contributed by atoms with Crippen LogP contribution in [0.3, 0.4) is 0 Å². The summed E-state index contributed by atoms with van der Waals surface area (Å²) in [4.78, 5) is 35.9. The fourth-order valence-corrected chi connectivity index (χ4v) is 4.47. The molecule has 2 heterocycles. The van der Waals surface area contributed by atoms with Gasteiger partial charge in [0.2, 0.25) is 5.91 Å². The molecule has 0 radical (unpaired) electrons. The number of carbonyl (C=O) groups is 2. The Balaban J connectivity index is 1.45. The van der Waals surface area contributed by atoms with Crippen molar-refractivity contribution >= 4 is 51.6 Å². The zero-order valence-electron chi connectivity index (χ0n) is 17.5. The first kappa shape index (κ1) is 22.8. The van der Waals surface area contributed by atoms with Gasteiger partial charge in [0.05, 0.1) is 0 Å². The number of halogens is 1. The number of hydrogen-bond acceptors (Lipinski definition) is 5. The van der Waals surface area contributed by atoms with Crippen molar-refractivity contribution in [2.75, 3.05) is 52.1 Å². The van der Waals surface area contributed by atoms with E-state index < -0.39 is 0 Å². The molecule has 1 N–H and O–H groups in total. The molecule has 8 nitrogen and oxygen atoms in total. The van der Waals surface area contributed by atoms with Crippen LogP contribution in [0.15, 0.2) is 34.6 Å². The average Bonchev–Trinajstić information content (AvgIpc) is 3.09. The predicted octanol–water partition coefficient (Wildman–Crippen LogP) is 2.03. The fraction of sp³-hybridized carbons (Fsp3) is 0.450. The highest BCUT2D eigenvalue weighted by molar-refractivity contribution is 14.1. The van der Waals surface area contributed by atoms with Crippen LogP contribution in [0.1, 0.15) is 5.69 Å². The van der Waals surface area contributed by atoms with Crippen molar-refractivity contribution in [2.45, 2.75) is 6.54 Å². The molecule has 162 valence electrons. The Labute approximate surface area is 194 Å². The average molecular weight is 542 g/mol. The van der Waals surface area contributed by atoms with E-state index in [1.54, 1.807) is 25.4 Å². The van der Waals surface area contributed by atoms with Gasteiger partial charge in [-0.05, 0) is 46.9 Å². The summed E-state index contributed by atoms with van der Waals surface area (Å²) in [5.41, 5.74) is 1.95. The van der Waals surface area contributed by atoms with Crippen LogP contribution >= 0.6 is 33.9 Å². The topological polar surface area (TPSA) is 73.2 Å². The molecule has 1 aliphatic heterocycles. The second-order valence-electron chi connectivity index (χ2n) is 7.24. The minimum Gasteiger partial charge on any atom is -0.339 e. The van der Waals surface area contributed by atoms with Gasteiger partial charge < -0.3 is 19.7 Å². The minimum atomic E-state index is -0.287. The number of thiazole rings is 1. The number of hydrogen-bond donors (Lipinski definition) is 1. The van der Waals surface area contributed by atoms with Gasteiger partial charge in [0.15, 0.2) is 4.80 Å². The number of carbonyl (C=O) groups excluding carboxylic acids is 2. The van der Waals surface area contributed by atoms with E-state index in [9.17, 15) is 9.59 Å². The first-order valence-corrected chi connectivity index (χ1v) is 11.7. The third-order valence-corrected chi connectivity index (χ3v) is 6.91. The van der Waals surface area contributed by atoms with Crippen molar-refractivity contribution in [1.82, 2.24) is 19.3 Å². The van der Waals surface area contributed by atoms with Crippen molar-refractivity contribution < 1.29 is 9.59 Å². The van der Waals surface area contributed by atoms with E-state index >= 15 is 0 Å². The van der Waals surface area contributed by atoms with E-state index in [1.807, 2.05) is 36.2 Å². The quantitative estimate of drug-likeness (QED) is 0.588. The Kier molecular flexibility index (Phi) is 7.89. The maximum absolute atomic E-state index is 12.6. The van der Waals surface area contributed by atoms with Crippen LogP contribution in [-0.4, -0.2) is 78.0 Å². The van der Waals surface area contributed by atoms with Crippen molar-refractivity contribution in [3.63, 3.8) is 0 Å². The molecule has 30 heavy (non-hydrogen) atoms. The fourth-order valence-electron chi connectivity index (χ4n) is 3.26. The summed E-state index contributed by atoms with van der Waals surface area (Å²) in [6, 6.07) is 7.26. The van der Waals surface area contributed by atoms with Crippen molar-refractivity contribution in [1.29, 1.82) is 0 Å². The molecule has 10 heteroatoms. The number of likely N-dealkylation sites (N-methyl/N-ethyl adjacent to an activating group) is 1. The maximum atomic E-state index is 12.6. The van der Waals surface area contributed by atoms with Gasteiger partial charge >= 0.3 is 6.03 Å². The Morgan fingerprint density at radius 3 is 2.47 bits per heavy atom. The van der Waals surface area contributed by atoms with Gasteiger partial charge in [0.1, 0.15) is 6.54 Å². The number of anilines is 1. The molecule has 0 atom stereocenters. The summed E-state index contributed by atoms with van der Waals surface area (Å²) in [5, 5.41) is 4.96. The molecule has 1 fully saturated rings. The van der Waals surface area contributed by atoms with Gasteiger partial charge in [-0.1, -0.05) is 0 Å². The number of rotatable bonds is 5. The Morgan fingerprint density at radius 1 is 1.20 bits per heavy atom. The van der Waals surface area contributed by atoms with E-state index in [0.717, 1.165) is 28.0 Å². The van der Waals surface area contributed by atoms with Gasteiger partial charge in [-0.3, -0.25) is 14.7 Å². The molecule has 0 bridgehead atoms. The van der Waals surface area contributed by atoms with E-state index in [1.165, 1.54) is 10.6 Å². The number of nitrogens with zero attached hydrogens (tertiary/aromatic N) is 5. The monoisotopic (exact) mass is 542 g/mol. The van der Waals surface area contributed by atoms with E-state index in [0.29, 0.717) is 18.8 Å². The Morgan fingerprint density at radius 2 is 1.87 bits per heavy atom. The highest BCUT2D eigenvalue weighted by atomic mass is 127. The predicted molar refractivity (Wildman–Crippen MR) is 127 cm³/mol. The number of nitrogens with one attached hydrogen (secondary N) is 1. The number of piperazine rings is 1. The van der Waals surface area contributed by atoms with Crippen LogP contribution in [0.2, 0.25) is 0 Å². The molecule has 0 aliphatic carbocycles. The van der Waals surface area contributed by atoms with E-state index in [-0.39, 0.29) is 18.5 Å². The largest absolute Gasteiger partial charge is 0.339 e. The van der Waals surface area contributed by atoms with Gasteiger partial charge in [0.25, 0.3) is 0 Å². The first-order chi connectivity index (χ1) is 14.4. The molecular formula is C20H27IN6O2S. The molecule has 0 spiro atoms.